The molecule has 316 valence electrons. The molecule has 2 aliphatic rings. The predicted molar refractivity (Wildman–Crippen MR) is 183 cm³/mol. The molecule has 2 aliphatic heterocycles. The molecule has 10 atom stereocenters. The quantitative estimate of drug-likeness (QED) is 0.191. The van der Waals surface area contributed by atoms with Gasteiger partial charge in [0.1, 0.15) is 35.9 Å². The largest absolute Gasteiger partial charge is 0.507 e. The van der Waals surface area contributed by atoms with Crippen LogP contribution in [0.15, 0.2) is 18.2 Å². The van der Waals surface area contributed by atoms with Crippen LogP contribution in [0.5, 0.6) is 11.5 Å². The average molecular weight is 815 g/mol. The van der Waals surface area contributed by atoms with Crippen molar-refractivity contribution in [3.05, 3.63) is 23.8 Å². The van der Waals surface area contributed by atoms with Gasteiger partial charge in [0.25, 0.3) is 0 Å². The van der Waals surface area contributed by atoms with Crippen LogP contribution in [0.2, 0.25) is 0 Å². The lowest BCUT2D eigenvalue weighted by Crippen LogP contribution is -2.65. The predicted octanol–water partition coefficient (Wildman–Crippen LogP) is 0.956. The average Bonchev–Trinajstić information content (AvgIpc) is 3.06. The molecule has 0 aromatic heterocycles. The zero-order valence-electron chi connectivity index (χ0n) is 32.6. The Labute approximate surface area is 326 Å². The van der Waals surface area contributed by atoms with Crippen molar-refractivity contribution in [3.63, 3.8) is 0 Å². The summed E-state index contributed by atoms with van der Waals surface area (Å²) in [5, 5.41) is 10.6. The fourth-order valence-electron chi connectivity index (χ4n) is 5.77. The van der Waals surface area contributed by atoms with E-state index in [4.69, 9.17) is 56.8 Å². The van der Waals surface area contributed by atoms with Crippen LogP contribution in [0.3, 0.4) is 0 Å². The molecular formula is C36H46O21. The Morgan fingerprint density at radius 1 is 0.579 bits per heavy atom. The van der Waals surface area contributed by atoms with Gasteiger partial charge in [-0.1, -0.05) is 0 Å². The van der Waals surface area contributed by atoms with Crippen LogP contribution in [0, 0.1) is 0 Å². The molecule has 2 fully saturated rings. The van der Waals surface area contributed by atoms with Gasteiger partial charge in [0.15, 0.2) is 36.8 Å². The number of phenols is 1. The van der Waals surface area contributed by atoms with Gasteiger partial charge in [-0.3, -0.25) is 33.6 Å². The van der Waals surface area contributed by atoms with Gasteiger partial charge < -0.3 is 61.9 Å². The second kappa shape index (κ2) is 20.6. The Hall–Kier alpha value is -5.54. The van der Waals surface area contributed by atoms with Crippen LogP contribution in [-0.2, 0) is 85.7 Å². The highest BCUT2D eigenvalue weighted by Crippen LogP contribution is 2.35. The Morgan fingerprint density at radius 2 is 1.00 bits per heavy atom. The number of phenolic OH excluding ortho intramolecular Hbond substituents is 1. The molecule has 21 nitrogen and oxygen atoms in total. The molecule has 2 heterocycles. The lowest BCUT2D eigenvalue weighted by atomic mass is 9.97. The molecule has 0 radical (unpaired) electrons. The van der Waals surface area contributed by atoms with Gasteiger partial charge in [0.2, 0.25) is 12.4 Å². The first-order chi connectivity index (χ1) is 26.7. The number of hydrogen-bond donors (Lipinski definition) is 1. The van der Waals surface area contributed by atoms with E-state index in [2.05, 4.69) is 0 Å². The minimum atomic E-state index is -1.72. The van der Waals surface area contributed by atoms with Crippen LogP contribution in [-0.4, -0.2) is 134 Å². The third-order valence-corrected chi connectivity index (χ3v) is 7.65. The van der Waals surface area contributed by atoms with Gasteiger partial charge in [0, 0.05) is 54.5 Å². The fraction of sp³-hybridized carbons (Fsp3) is 0.611. The van der Waals surface area contributed by atoms with Crippen molar-refractivity contribution in [2.24, 2.45) is 0 Å². The molecule has 0 spiro atoms. The Kier molecular flexibility index (Phi) is 16.5. The van der Waals surface area contributed by atoms with Gasteiger partial charge in [-0.25, -0.2) is 4.79 Å². The Bertz CT molecular complexity index is 1660. The van der Waals surface area contributed by atoms with Crippen molar-refractivity contribution in [1.29, 1.82) is 0 Å². The molecule has 3 rings (SSSR count). The number of carbonyl (C=O) groups excluding carboxylic acids is 8. The smallest absolute Gasteiger partial charge is 0.342 e. The summed E-state index contributed by atoms with van der Waals surface area (Å²) in [6.07, 6.45) is -16.5. The number of benzene rings is 1. The molecule has 0 bridgehead atoms. The molecule has 8 unspecified atom stereocenters. The normalized spacial score (nSPS) is 26.8. The SMILES string of the molecule is CC(=O)OCC1OC(OCC2OC(Oc3ccc(C(=O)OC(C)C)c(O)c3)C(OC(C)=O)[C@@H](OC(C)=O)C2OC(C)=O)C(OC(C)=O)[C@@H](OC(C)=O)C1OC(C)=O. The number of aromatic hydroxyl groups is 1. The minimum Gasteiger partial charge on any atom is -0.507 e. The van der Waals surface area contributed by atoms with Gasteiger partial charge in [-0.2, -0.15) is 0 Å². The molecule has 2 saturated heterocycles. The van der Waals surface area contributed by atoms with Gasteiger partial charge in [-0.05, 0) is 26.0 Å². The van der Waals surface area contributed by atoms with Crippen molar-refractivity contribution < 1.29 is 100 Å². The summed E-state index contributed by atoms with van der Waals surface area (Å²) in [4.78, 5) is 98.1. The Balaban J connectivity index is 2.09. The highest BCUT2D eigenvalue weighted by atomic mass is 16.8. The summed E-state index contributed by atoms with van der Waals surface area (Å²) >= 11 is 0. The van der Waals surface area contributed by atoms with Crippen LogP contribution < -0.4 is 4.74 Å². The molecule has 1 aromatic rings. The van der Waals surface area contributed by atoms with E-state index >= 15 is 0 Å². The van der Waals surface area contributed by atoms with Crippen LogP contribution in [0.25, 0.3) is 0 Å². The highest BCUT2D eigenvalue weighted by Gasteiger charge is 2.56. The van der Waals surface area contributed by atoms with Crippen molar-refractivity contribution in [2.75, 3.05) is 13.2 Å². The van der Waals surface area contributed by atoms with E-state index in [1.54, 1.807) is 13.8 Å². The first-order valence-corrected chi connectivity index (χ1v) is 17.5. The van der Waals surface area contributed by atoms with Crippen molar-refractivity contribution in [1.82, 2.24) is 0 Å². The number of carbonyl (C=O) groups is 8. The van der Waals surface area contributed by atoms with Gasteiger partial charge in [-0.15, -0.1) is 0 Å². The zero-order valence-corrected chi connectivity index (χ0v) is 32.6. The standard InChI is InChI=1S/C36H46O21/c1-15(2)48-34(45)24-11-10-23(12-25(24)44)55-36-33(54-22(9)43)31(52-20(7)41)29(50-18(5)39)27(57-36)14-47-35-32(53-21(8)42)30(51-19(6)40)28(49-17(4)38)26(56-35)13-46-16(3)37/h10-12,15,26-33,35-36,44H,13-14H2,1-9H3/t26?,27?,28?,29?,30-,31-,32?,33?,35?,36?/m0/s1. The van der Waals surface area contributed by atoms with Gasteiger partial charge in [0.05, 0.1) is 12.7 Å². The fourth-order valence-corrected chi connectivity index (χ4v) is 5.77. The monoisotopic (exact) mass is 814 g/mol. The van der Waals surface area contributed by atoms with Crippen LogP contribution in [0.1, 0.15) is 72.7 Å². The maximum atomic E-state index is 12.5. The third-order valence-electron chi connectivity index (χ3n) is 7.65. The van der Waals surface area contributed by atoms with Crippen molar-refractivity contribution in [2.45, 2.75) is 130 Å². The molecule has 1 aromatic carbocycles. The lowest BCUT2D eigenvalue weighted by Gasteiger charge is -2.46. The van der Waals surface area contributed by atoms with E-state index in [0.717, 1.165) is 54.5 Å². The summed E-state index contributed by atoms with van der Waals surface area (Å²) in [6, 6.07) is 3.48. The second-order valence-corrected chi connectivity index (χ2v) is 12.9. The molecular weight excluding hydrogens is 768 g/mol. The van der Waals surface area contributed by atoms with E-state index in [0.29, 0.717) is 0 Å². The number of ether oxygens (including phenoxy) is 12. The molecule has 0 aliphatic carbocycles. The first kappa shape index (κ1) is 45.8. The van der Waals surface area contributed by atoms with Crippen molar-refractivity contribution >= 4 is 47.8 Å². The second-order valence-electron chi connectivity index (χ2n) is 12.9. The van der Waals surface area contributed by atoms with E-state index in [9.17, 15) is 43.5 Å². The summed E-state index contributed by atoms with van der Waals surface area (Å²) in [6.45, 7) is 9.22. The molecule has 1 N–H and O–H groups in total. The van der Waals surface area contributed by atoms with Crippen LogP contribution in [0.4, 0.5) is 0 Å². The summed E-state index contributed by atoms with van der Waals surface area (Å²) in [7, 11) is 0. The first-order valence-electron chi connectivity index (χ1n) is 17.5. The van der Waals surface area contributed by atoms with E-state index < -0.39 is 134 Å². The number of esters is 8. The summed E-state index contributed by atoms with van der Waals surface area (Å²) < 4.78 is 67.0. The molecule has 0 saturated carbocycles. The van der Waals surface area contributed by atoms with Crippen molar-refractivity contribution in [3.8, 4) is 11.5 Å². The molecule has 21 heteroatoms. The van der Waals surface area contributed by atoms with E-state index in [1.807, 2.05) is 0 Å². The summed E-state index contributed by atoms with van der Waals surface area (Å²) in [5.74, 6) is -7.71. The molecule has 57 heavy (non-hydrogen) atoms. The molecule has 0 amide bonds. The van der Waals surface area contributed by atoms with Gasteiger partial charge >= 0.3 is 47.8 Å². The zero-order chi connectivity index (χ0) is 42.7. The topological polar surface area (TPSA) is 268 Å². The maximum absolute atomic E-state index is 12.5. The highest BCUT2D eigenvalue weighted by molar-refractivity contribution is 5.92. The summed E-state index contributed by atoms with van der Waals surface area (Å²) in [5.41, 5.74) is -0.207. The van der Waals surface area contributed by atoms with E-state index in [1.165, 1.54) is 12.1 Å². The lowest BCUT2D eigenvalue weighted by molar-refractivity contribution is -0.327. The number of hydrogen-bond acceptors (Lipinski definition) is 21. The van der Waals surface area contributed by atoms with Crippen LogP contribution >= 0.6 is 0 Å². The van der Waals surface area contributed by atoms with E-state index in [-0.39, 0.29) is 11.3 Å². The Morgan fingerprint density at radius 3 is 1.44 bits per heavy atom. The minimum absolute atomic E-state index is 0.150. The maximum Gasteiger partial charge on any atom is 0.342 e. The number of rotatable bonds is 15. The third kappa shape index (κ3) is 13.6.